The van der Waals surface area contributed by atoms with Gasteiger partial charge in [0, 0.05) is 31.6 Å². The van der Waals surface area contributed by atoms with Gasteiger partial charge in [0.1, 0.15) is 0 Å². The molecule has 1 heterocycles. The molecule has 1 aliphatic rings. The zero-order chi connectivity index (χ0) is 12.3. The van der Waals surface area contributed by atoms with Crippen LogP contribution in [0.15, 0.2) is 30.3 Å². The highest BCUT2D eigenvalue weighted by Gasteiger charge is 2.32. The molecule has 2 N–H and O–H groups in total. The summed E-state index contributed by atoms with van der Waals surface area (Å²) in [4.78, 5) is 2.54. The van der Waals surface area contributed by atoms with E-state index in [2.05, 4.69) is 49.1 Å². The van der Waals surface area contributed by atoms with Crippen LogP contribution in [-0.4, -0.2) is 30.6 Å². The van der Waals surface area contributed by atoms with Gasteiger partial charge in [0.05, 0.1) is 0 Å². The van der Waals surface area contributed by atoms with E-state index in [0.717, 1.165) is 18.4 Å². The van der Waals surface area contributed by atoms with E-state index in [1.165, 1.54) is 25.1 Å². The zero-order valence-corrected chi connectivity index (χ0v) is 11.0. The minimum atomic E-state index is 0.579. The molecule has 2 heteroatoms. The van der Waals surface area contributed by atoms with Crippen molar-refractivity contribution < 1.29 is 0 Å². The lowest BCUT2D eigenvalue weighted by Gasteiger charge is -2.45. The summed E-state index contributed by atoms with van der Waals surface area (Å²) >= 11 is 0. The summed E-state index contributed by atoms with van der Waals surface area (Å²) in [6, 6.07) is 11.4. The third-order valence-electron chi connectivity index (χ3n) is 3.71. The molecule has 0 radical (unpaired) electrons. The van der Waals surface area contributed by atoms with Gasteiger partial charge in [-0.15, -0.1) is 0 Å². The van der Waals surface area contributed by atoms with Crippen molar-refractivity contribution >= 4 is 0 Å². The Morgan fingerprint density at radius 3 is 2.41 bits per heavy atom. The molecule has 1 fully saturated rings. The maximum atomic E-state index is 5.87. The molecule has 2 rings (SSSR count). The van der Waals surface area contributed by atoms with Crippen molar-refractivity contribution in [1.82, 2.24) is 4.90 Å². The summed E-state index contributed by atoms with van der Waals surface area (Å²) in [6.45, 7) is 7.70. The van der Waals surface area contributed by atoms with Crippen molar-refractivity contribution in [2.24, 2.45) is 11.7 Å². The molecule has 1 aliphatic heterocycles. The number of rotatable bonds is 5. The monoisotopic (exact) mass is 232 g/mol. The quantitative estimate of drug-likeness (QED) is 0.845. The molecule has 0 aliphatic carbocycles. The van der Waals surface area contributed by atoms with E-state index in [4.69, 9.17) is 5.73 Å². The van der Waals surface area contributed by atoms with Gasteiger partial charge >= 0.3 is 0 Å². The Morgan fingerprint density at radius 1 is 1.24 bits per heavy atom. The van der Waals surface area contributed by atoms with Gasteiger partial charge in [-0.05, 0) is 17.9 Å². The van der Waals surface area contributed by atoms with E-state index in [1.807, 2.05) is 0 Å². The normalized spacial score (nSPS) is 19.3. The lowest BCUT2D eigenvalue weighted by molar-refractivity contribution is 0.0829. The lowest BCUT2D eigenvalue weighted by atomic mass is 9.88. The van der Waals surface area contributed by atoms with Crippen LogP contribution < -0.4 is 5.73 Å². The lowest BCUT2D eigenvalue weighted by Crippen LogP contribution is -2.53. The minimum Gasteiger partial charge on any atom is -0.329 e. The molecule has 0 saturated carbocycles. The highest BCUT2D eigenvalue weighted by Crippen LogP contribution is 2.29. The Kier molecular flexibility index (Phi) is 4.19. The molecule has 1 unspecified atom stereocenters. The van der Waals surface area contributed by atoms with Crippen LogP contribution in [0, 0.1) is 5.92 Å². The number of nitrogens with two attached hydrogens (primary N) is 1. The summed E-state index contributed by atoms with van der Waals surface area (Å²) in [5, 5.41) is 0. The van der Waals surface area contributed by atoms with Gasteiger partial charge in [-0.25, -0.2) is 0 Å². The van der Waals surface area contributed by atoms with E-state index in [0.29, 0.717) is 6.04 Å². The SMILES string of the molecule is CC(C)CC(CN)N1CC(c2ccccc2)C1. The van der Waals surface area contributed by atoms with E-state index in [-0.39, 0.29) is 0 Å². The van der Waals surface area contributed by atoms with Gasteiger partial charge in [0.25, 0.3) is 0 Å². The fourth-order valence-electron chi connectivity index (χ4n) is 2.69. The molecule has 1 saturated heterocycles. The molecular formula is C15H24N2. The fourth-order valence-corrected chi connectivity index (χ4v) is 2.69. The first-order valence-corrected chi connectivity index (χ1v) is 6.69. The van der Waals surface area contributed by atoms with E-state index >= 15 is 0 Å². The summed E-state index contributed by atoms with van der Waals surface area (Å²) in [7, 11) is 0. The molecular weight excluding hydrogens is 208 g/mol. The molecule has 0 bridgehead atoms. The van der Waals surface area contributed by atoms with Crippen LogP contribution in [0.5, 0.6) is 0 Å². The van der Waals surface area contributed by atoms with Crippen molar-refractivity contribution in [1.29, 1.82) is 0 Å². The number of likely N-dealkylation sites (tertiary alicyclic amines) is 1. The first kappa shape index (κ1) is 12.6. The molecule has 1 aromatic rings. The number of hydrogen-bond acceptors (Lipinski definition) is 2. The fraction of sp³-hybridized carbons (Fsp3) is 0.600. The number of benzene rings is 1. The van der Waals surface area contributed by atoms with Crippen LogP contribution in [0.4, 0.5) is 0 Å². The second-order valence-electron chi connectivity index (χ2n) is 5.58. The molecule has 0 amide bonds. The maximum absolute atomic E-state index is 5.87. The van der Waals surface area contributed by atoms with Gasteiger partial charge in [-0.1, -0.05) is 44.2 Å². The first-order valence-electron chi connectivity index (χ1n) is 6.69. The van der Waals surface area contributed by atoms with Gasteiger partial charge < -0.3 is 5.73 Å². The molecule has 94 valence electrons. The highest BCUT2D eigenvalue weighted by atomic mass is 15.2. The molecule has 1 atom stereocenters. The van der Waals surface area contributed by atoms with Crippen LogP contribution >= 0.6 is 0 Å². The highest BCUT2D eigenvalue weighted by molar-refractivity contribution is 5.22. The van der Waals surface area contributed by atoms with Crippen molar-refractivity contribution in [3.63, 3.8) is 0 Å². The second kappa shape index (κ2) is 5.65. The van der Waals surface area contributed by atoms with Crippen molar-refractivity contribution in [2.45, 2.75) is 32.2 Å². The van der Waals surface area contributed by atoms with Crippen LogP contribution in [-0.2, 0) is 0 Å². The molecule has 0 spiro atoms. The predicted octanol–water partition coefficient (Wildman–Crippen LogP) is 2.46. The molecule has 0 aromatic heterocycles. The third-order valence-corrected chi connectivity index (χ3v) is 3.71. The van der Waals surface area contributed by atoms with Crippen LogP contribution in [0.1, 0.15) is 31.7 Å². The van der Waals surface area contributed by atoms with Crippen molar-refractivity contribution in [3.8, 4) is 0 Å². The van der Waals surface area contributed by atoms with Crippen LogP contribution in [0.3, 0.4) is 0 Å². The predicted molar refractivity (Wildman–Crippen MR) is 73.1 cm³/mol. The Hall–Kier alpha value is -0.860. The van der Waals surface area contributed by atoms with Crippen molar-refractivity contribution in [2.75, 3.05) is 19.6 Å². The van der Waals surface area contributed by atoms with E-state index in [1.54, 1.807) is 0 Å². The van der Waals surface area contributed by atoms with Gasteiger partial charge in [0.15, 0.2) is 0 Å². The first-order chi connectivity index (χ1) is 8.20. The molecule has 1 aromatic carbocycles. The average molecular weight is 232 g/mol. The number of nitrogens with zero attached hydrogens (tertiary/aromatic N) is 1. The smallest absolute Gasteiger partial charge is 0.0221 e. The topological polar surface area (TPSA) is 29.3 Å². The van der Waals surface area contributed by atoms with Crippen molar-refractivity contribution in [3.05, 3.63) is 35.9 Å². The van der Waals surface area contributed by atoms with Crippen LogP contribution in [0.25, 0.3) is 0 Å². The van der Waals surface area contributed by atoms with Gasteiger partial charge in [0.2, 0.25) is 0 Å². The van der Waals surface area contributed by atoms with E-state index in [9.17, 15) is 0 Å². The maximum Gasteiger partial charge on any atom is 0.0221 e. The summed E-state index contributed by atoms with van der Waals surface area (Å²) in [6.07, 6.45) is 1.22. The number of hydrogen-bond donors (Lipinski definition) is 1. The Labute approximate surface area is 105 Å². The summed E-state index contributed by atoms with van der Waals surface area (Å²) in [5.41, 5.74) is 7.35. The average Bonchev–Trinajstić information content (AvgIpc) is 2.26. The molecule has 2 nitrogen and oxygen atoms in total. The minimum absolute atomic E-state index is 0.579. The standard InChI is InChI=1S/C15H24N2/c1-12(2)8-15(9-16)17-10-14(11-17)13-6-4-3-5-7-13/h3-7,12,14-15H,8-11,16H2,1-2H3. The molecule has 17 heavy (non-hydrogen) atoms. The largest absolute Gasteiger partial charge is 0.329 e. The summed E-state index contributed by atoms with van der Waals surface area (Å²) in [5.74, 6) is 1.46. The third kappa shape index (κ3) is 3.08. The summed E-state index contributed by atoms with van der Waals surface area (Å²) < 4.78 is 0. The Morgan fingerprint density at radius 2 is 1.88 bits per heavy atom. The Bertz CT molecular complexity index is 328. The second-order valence-corrected chi connectivity index (χ2v) is 5.58. The van der Waals surface area contributed by atoms with Crippen LogP contribution in [0.2, 0.25) is 0 Å². The van der Waals surface area contributed by atoms with E-state index < -0.39 is 0 Å². The van der Waals surface area contributed by atoms with Gasteiger partial charge in [-0.2, -0.15) is 0 Å². The zero-order valence-electron chi connectivity index (χ0n) is 11.0. The Balaban J connectivity index is 1.85. The van der Waals surface area contributed by atoms with Gasteiger partial charge in [-0.3, -0.25) is 4.90 Å².